The number of nitrogens with two attached hydrogens (primary N) is 1. The van der Waals surface area contributed by atoms with Crippen LogP contribution in [-0.2, 0) is 11.2 Å². The number of H-pyrrole nitrogens is 1. The second kappa shape index (κ2) is 9.27. The number of nitrogens with zero attached hydrogens (tertiary/aromatic N) is 3. The number of aromatic carboxylic acids is 1. The molecule has 3 fully saturated rings. The summed E-state index contributed by atoms with van der Waals surface area (Å²) in [4.78, 5) is 48.5. The van der Waals surface area contributed by atoms with E-state index in [2.05, 4.69) is 15.3 Å². The van der Waals surface area contributed by atoms with Crippen LogP contribution in [0.3, 0.4) is 0 Å². The fraction of sp³-hybridized carbons (Fsp3) is 0.545. The first-order valence-electron chi connectivity index (χ1n) is 11.5. The molecule has 2 aromatic rings. The number of piperidine rings is 2. The summed E-state index contributed by atoms with van der Waals surface area (Å²) in [6, 6.07) is 0.124. The van der Waals surface area contributed by atoms with E-state index in [-0.39, 0.29) is 57.7 Å². The zero-order valence-electron chi connectivity index (χ0n) is 19.0. The number of aromatic nitrogens is 2. The van der Waals surface area contributed by atoms with E-state index in [0.29, 0.717) is 47.7 Å². The number of fused-ring (bicyclic) bond motifs is 1. The van der Waals surface area contributed by atoms with Gasteiger partial charge in [0.15, 0.2) is 5.13 Å². The van der Waals surface area contributed by atoms with Crippen LogP contribution in [0.4, 0.5) is 5.13 Å². The Balaban J connectivity index is 1.21. The molecule has 3 atom stereocenters. The average molecular weight is 541 g/mol. The molecule has 10 nitrogen and oxygen atoms in total. The SMILES string of the molecule is Cc1[nH]c(C(=O)N[C@H]2[C@@H]3CN(c4nc(CC(=O)N5CCC(N)CC5)c(C(=O)O)s4)C[C@@H]32)c(Cl)c1Cl. The smallest absolute Gasteiger partial charge is 0.347 e. The van der Waals surface area contributed by atoms with E-state index in [0.717, 1.165) is 24.2 Å². The number of amides is 2. The Morgan fingerprint density at radius 1 is 1.20 bits per heavy atom. The monoisotopic (exact) mass is 540 g/mol. The highest BCUT2D eigenvalue weighted by Gasteiger charge is 2.57. The van der Waals surface area contributed by atoms with Crippen molar-refractivity contribution in [2.24, 2.45) is 17.6 Å². The first-order valence-corrected chi connectivity index (χ1v) is 13.1. The van der Waals surface area contributed by atoms with Gasteiger partial charge in [-0.1, -0.05) is 34.5 Å². The molecule has 2 aliphatic heterocycles. The van der Waals surface area contributed by atoms with Gasteiger partial charge in [-0.15, -0.1) is 0 Å². The highest BCUT2D eigenvalue weighted by molar-refractivity contribution is 7.17. The third kappa shape index (κ3) is 4.62. The van der Waals surface area contributed by atoms with Crippen LogP contribution >= 0.6 is 34.5 Å². The predicted molar refractivity (Wildman–Crippen MR) is 133 cm³/mol. The van der Waals surface area contributed by atoms with Crippen molar-refractivity contribution < 1.29 is 19.5 Å². The minimum absolute atomic E-state index is 0.0163. The second-order valence-corrected chi connectivity index (χ2v) is 11.2. The van der Waals surface area contributed by atoms with Gasteiger partial charge >= 0.3 is 5.97 Å². The number of anilines is 1. The van der Waals surface area contributed by atoms with Crippen LogP contribution in [0.25, 0.3) is 0 Å². The molecule has 0 spiro atoms. The zero-order chi connectivity index (χ0) is 25.0. The predicted octanol–water partition coefficient (Wildman–Crippen LogP) is 2.14. The molecule has 2 saturated heterocycles. The highest BCUT2D eigenvalue weighted by atomic mass is 35.5. The van der Waals surface area contributed by atoms with E-state index >= 15 is 0 Å². The number of thiazole rings is 1. The van der Waals surface area contributed by atoms with Gasteiger partial charge in [-0.2, -0.15) is 0 Å². The Labute approximate surface area is 215 Å². The largest absolute Gasteiger partial charge is 0.477 e. The molecule has 1 aliphatic carbocycles. The van der Waals surface area contributed by atoms with Crippen molar-refractivity contribution in [1.29, 1.82) is 0 Å². The van der Waals surface area contributed by atoms with Crippen LogP contribution in [0, 0.1) is 18.8 Å². The minimum Gasteiger partial charge on any atom is -0.477 e. The lowest BCUT2D eigenvalue weighted by atomic mass is 10.1. The van der Waals surface area contributed by atoms with E-state index in [4.69, 9.17) is 28.9 Å². The van der Waals surface area contributed by atoms with Crippen molar-refractivity contribution in [2.75, 3.05) is 31.1 Å². The summed E-state index contributed by atoms with van der Waals surface area (Å²) >= 11 is 13.3. The van der Waals surface area contributed by atoms with Gasteiger partial charge in [-0.25, -0.2) is 9.78 Å². The number of hydrogen-bond acceptors (Lipinski definition) is 7. The second-order valence-electron chi connectivity index (χ2n) is 9.46. The first-order chi connectivity index (χ1) is 16.6. The number of carbonyl (C=O) groups excluding carboxylic acids is 2. The lowest BCUT2D eigenvalue weighted by Crippen LogP contribution is -2.43. The highest BCUT2D eigenvalue weighted by Crippen LogP contribution is 2.48. The summed E-state index contributed by atoms with van der Waals surface area (Å²) in [5.74, 6) is -1.02. The van der Waals surface area contributed by atoms with E-state index in [1.165, 1.54) is 0 Å². The maximum atomic E-state index is 12.7. The summed E-state index contributed by atoms with van der Waals surface area (Å²) in [5.41, 5.74) is 7.11. The third-order valence-corrected chi connectivity index (χ3v) is 9.23. The van der Waals surface area contributed by atoms with Crippen molar-refractivity contribution in [3.05, 3.63) is 32.0 Å². The van der Waals surface area contributed by atoms with Crippen LogP contribution in [0.1, 0.15) is 44.4 Å². The Hall–Kier alpha value is -2.34. The van der Waals surface area contributed by atoms with Crippen LogP contribution < -0.4 is 16.0 Å². The number of aromatic amines is 1. The van der Waals surface area contributed by atoms with Gasteiger partial charge in [0, 0.05) is 55.8 Å². The number of rotatable bonds is 6. The van der Waals surface area contributed by atoms with Gasteiger partial charge in [0.05, 0.1) is 22.2 Å². The number of likely N-dealkylation sites (tertiary alicyclic amines) is 1. The zero-order valence-corrected chi connectivity index (χ0v) is 21.3. The molecule has 0 unspecified atom stereocenters. The van der Waals surface area contributed by atoms with Gasteiger partial charge in [0.1, 0.15) is 10.6 Å². The topological polar surface area (TPSA) is 145 Å². The van der Waals surface area contributed by atoms with Crippen molar-refractivity contribution in [3.63, 3.8) is 0 Å². The molecule has 5 N–H and O–H groups in total. The summed E-state index contributed by atoms with van der Waals surface area (Å²) in [6.45, 7) is 4.22. The van der Waals surface area contributed by atoms with E-state index in [1.54, 1.807) is 11.8 Å². The number of halogens is 2. The standard InChI is InChI=1S/C22H26Cl2N6O4S/c1-9-15(23)16(24)18(26-9)20(32)28-17-11-7-30(8-12(11)17)22-27-13(19(35-22)21(33)34)6-14(31)29-4-2-10(25)3-5-29/h10-12,17,26H,2-8,25H2,1H3,(H,28,32)(H,33,34)/t11-,12+,17+. The Bertz CT molecular complexity index is 1180. The molecule has 0 radical (unpaired) electrons. The normalized spacial score (nSPS) is 23.9. The van der Waals surface area contributed by atoms with E-state index < -0.39 is 5.97 Å². The molecular formula is C22H26Cl2N6O4S. The number of aryl methyl sites for hydroxylation is 1. The van der Waals surface area contributed by atoms with Gasteiger partial charge in [-0.3, -0.25) is 9.59 Å². The van der Waals surface area contributed by atoms with Gasteiger partial charge in [0.25, 0.3) is 5.91 Å². The molecule has 0 aromatic carbocycles. The number of carboxylic acid groups (broad SMARTS) is 1. The number of carbonyl (C=O) groups is 3. The Morgan fingerprint density at radius 2 is 1.86 bits per heavy atom. The molecule has 5 rings (SSSR count). The fourth-order valence-corrected chi connectivity index (χ4v) is 6.37. The number of nitrogens with one attached hydrogen (secondary N) is 2. The molecule has 3 aliphatic rings. The fourth-order valence-electron chi connectivity index (χ4n) is 5.01. The van der Waals surface area contributed by atoms with Crippen LogP contribution in [0.2, 0.25) is 10.0 Å². The molecule has 0 bridgehead atoms. The quantitative estimate of drug-likeness (QED) is 0.439. The Morgan fingerprint density at radius 3 is 2.43 bits per heavy atom. The molecule has 2 aromatic heterocycles. The number of hydrogen-bond donors (Lipinski definition) is 4. The Kier molecular flexibility index (Phi) is 6.45. The van der Waals surface area contributed by atoms with Crippen LogP contribution in [-0.4, -0.2) is 76.0 Å². The molecule has 4 heterocycles. The summed E-state index contributed by atoms with van der Waals surface area (Å²) in [6.07, 6.45) is 1.46. The molecular weight excluding hydrogens is 515 g/mol. The van der Waals surface area contributed by atoms with Crippen molar-refractivity contribution >= 4 is 57.5 Å². The van der Waals surface area contributed by atoms with Gasteiger partial charge in [-0.05, 0) is 19.8 Å². The van der Waals surface area contributed by atoms with E-state index in [9.17, 15) is 19.5 Å². The molecule has 35 heavy (non-hydrogen) atoms. The number of carboxylic acids is 1. The van der Waals surface area contributed by atoms with Gasteiger partial charge in [0.2, 0.25) is 5.91 Å². The van der Waals surface area contributed by atoms with Gasteiger partial charge < -0.3 is 30.9 Å². The van der Waals surface area contributed by atoms with E-state index in [1.807, 2.05) is 4.90 Å². The maximum absolute atomic E-state index is 12.7. The summed E-state index contributed by atoms with van der Waals surface area (Å²) in [5, 5.41) is 13.8. The van der Waals surface area contributed by atoms with Crippen LogP contribution in [0.15, 0.2) is 0 Å². The summed E-state index contributed by atoms with van der Waals surface area (Å²) < 4.78 is 0. The molecule has 13 heteroatoms. The van der Waals surface area contributed by atoms with Crippen molar-refractivity contribution in [2.45, 2.75) is 38.3 Å². The minimum atomic E-state index is -1.08. The van der Waals surface area contributed by atoms with Crippen molar-refractivity contribution in [3.8, 4) is 0 Å². The van der Waals surface area contributed by atoms with Crippen LogP contribution in [0.5, 0.6) is 0 Å². The molecule has 188 valence electrons. The third-order valence-electron chi connectivity index (χ3n) is 7.13. The summed E-state index contributed by atoms with van der Waals surface area (Å²) in [7, 11) is 0. The molecule has 1 saturated carbocycles. The maximum Gasteiger partial charge on any atom is 0.347 e. The van der Waals surface area contributed by atoms with Crippen molar-refractivity contribution in [1.82, 2.24) is 20.2 Å². The average Bonchev–Trinajstić information content (AvgIpc) is 3.19. The first kappa shape index (κ1) is 24.4. The molecule has 2 amide bonds. The lowest BCUT2D eigenvalue weighted by Gasteiger charge is -2.30. The lowest BCUT2D eigenvalue weighted by molar-refractivity contribution is -0.131.